The van der Waals surface area contributed by atoms with Crippen molar-refractivity contribution in [3.63, 3.8) is 0 Å². The van der Waals surface area contributed by atoms with Gasteiger partial charge in [-0.25, -0.2) is 4.98 Å². The zero-order valence-electron chi connectivity index (χ0n) is 9.34. The minimum absolute atomic E-state index is 0.697. The largest absolute Gasteiger partial charge is 0.494 e. The van der Waals surface area contributed by atoms with Gasteiger partial charge in [0.25, 0.3) is 0 Å². The lowest BCUT2D eigenvalue weighted by Crippen LogP contribution is -2.04. The van der Waals surface area contributed by atoms with E-state index in [9.17, 15) is 0 Å². The molecule has 1 aromatic heterocycles. The standard InChI is InChI=1S/C12H15N3O/c1-11-3-5-12(6-4-11)16-8-2-7-15-10-13-9-14-15/h3-6,9-10H,2,7-8H2,1H3. The van der Waals surface area contributed by atoms with Crippen LogP contribution in [0.2, 0.25) is 0 Å². The molecule has 0 saturated carbocycles. The topological polar surface area (TPSA) is 39.9 Å². The van der Waals surface area contributed by atoms with Gasteiger partial charge < -0.3 is 4.74 Å². The van der Waals surface area contributed by atoms with E-state index in [-0.39, 0.29) is 0 Å². The van der Waals surface area contributed by atoms with Gasteiger partial charge in [-0.1, -0.05) is 17.7 Å². The Bertz CT molecular complexity index is 408. The molecule has 0 saturated heterocycles. The van der Waals surface area contributed by atoms with Gasteiger partial charge in [0.1, 0.15) is 18.4 Å². The van der Waals surface area contributed by atoms with Crippen molar-refractivity contribution in [2.45, 2.75) is 19.9 Å². The number of hydrogen-bond donors (Lipinski definition) is 0. The molecule has 2 aromatic rings. The predicted octanol–water partition coefficient (Wildman–Crippen LogP) is 2.06. The molecule has 0 N–H and O–H groups in total. The lowest BCUT2D eigenvalue weighted by Gasteiger charge is -2.06. The minimum Gasteiger partial charge on any atom is -0.494 e. The Morgan fingerprint density at radius 2 is 2.06 bits per heavy atom. The Morgan fingerprint density at radius 1 is 1.25 bits per heavy atom. The summed E-state index contributed by atoms with van der Waals surface area (Å²) >= 11 is 0. The van der Waals surface area contributed by atoms with Gasteiger partial charge in [0, 0.05) is 13.0 Å². The SMILES string of the molecule is Cc1ccc(OCCCn2cncn2)cc1. The maximum atomic E-state index is 5.60. The average molecular weight is 217 g/mol. The summed E-state index contributed by atoms with van der Waals surface area (Å²) in [5.41, 5.74) is 1.25. The normalized spacial score (nSPS) is 10.3. The molecule has 0 atom stereocenters. The fraction of sp³-hybridized carbons (Fsp3) is 0.333. The molecule has 84 valence electrons. The third kappa shape index (κ3) is 3.08. The fourth-order valence-corrected chi connectivity index (χ4v) is 1.40. The van der Waals surface area contributed by atoms with Crippen LogP contribution in [-0.4, -0.2) is 21.4 Å². The third-order valence-corrected chi connectivity index (χ3v) is 2.29. The minimum atomic E-state index is 0.697. The molecular formula is C12H15N3O. The van der Waals surface area contributed by atoms with Crippen molar-refractivity contribution in [2.75, 3.05) is 6.61 Å². The molecule has 4 heteroatoms. The van der Waals surface area contributed by atoms with Crippen LogP contribution in [0.5, 0.6) is 5.75 Å². The molecule has 0 radical (unpaired) electrons. The highest BCUT2D eigenvalue weighted by molar-refractivity contribution is 5.26. The monoisotopic (exact) mass is 217 g/mol. The summed E-state index contributed by atoms with van der Waals surface area (Å²) < 4.78 is 7.40. The zero-order valence-corrected chi connectivity index (χ0v) is 9.34. The molecule has 0 aliphatic carbocycles. The molecule has 0 fully saturated rings. The number of benzene rings is 1. The van der Waals surface area contributed by atoms with Crippen LogP contribution in [0.3, 0.4) is 0 Å². The maximum Gasteiger partial charge on any atom is 0.137 e. The van der Waals surface area contributed by atoms with Crippen LogP contribution in [-0.2, 0) is 6.54 Å². The van der Waals surface area contributed by atoms with Crippen molar-refractivity contribution < 1.29 is 4.74 Å². The van der Waals surface area contributed by atoms with Crippen molar-refractivity contribution >= 4 is 0 Å². The Hall–Kier alpha value is -1.84. The molecule has 4 nitrogen and oxygen atoms in total. The van der Waals surface area contributed by atoms with Gasteiger partial charge >= 0.3 is 0 Å². The van der Waals surface area contributed by atoms with Crippen LogP contribution in [0.15, 0.2) is 36.9 Å². The molecule has 0 aliphatic rings. The zero-order chi connectivity index (χ0) is 11.2. The van der Waals surface area contributed by atoms with Crippen LogP contribution in [0.4, 0.5) is 0 Å². The van der Waals surface area contributed by atoms with Gasteiger partial charge in [-0.3, -0.25) is 4.68 Å². The number of rotatable bonds is 5. The van der Waals surface area contributed by atoms with Gasteiger partial charge in [-0.05, 0) is 19.1 Å². The molecule has 16 heavy (non-hydrogen) atoms. The molecule has 0 aliphatic heterocycles. The smallest absolute Gasteiger partial charge is 0.137 e. The summed E-state index contributed by atoms with van der Waals surface area (Å²) in [4.78, 5) is 3.88. The number of hydrogen-bond acceptors (Lipinski definition) is 3. The Morgan fingerprint density at radius 3 is 2.75 bits per heavy atom. The first-order valence-corrected chi connectivity index (χ1v) is 5.36. The van der Waals surface area contributed by atoms with Gasteiger partial charge in [0.05, 0.1) is 6.61 Å². The number of ether oxygens (including phenoxy) is 1. The van der Waals surface area contributed by atoms with E-state index in [4.69, 9.17) is 4.74 Å². The molecule has 0 unspecified atom stereocenters. The van der Waals surface area contributed by atoms with Crippen LogP contribution in [0.1, 0.15) is 12.0 Å². The maximum absolute atomic E-state index is 5.60. The van der Waals surface area contributed by atoms with Crippen LogP contribution < -0.4 is 4.74 Å². The second-order valence-electron chi connectivity index (χ2n) is 3.67. The van der Waals surface area contributed by atoms with E-state index in [2.05, 4.69) is 17.0 Å². The van der Waals surface area contributed by atoms with Crippen molar-refractivity contribution in [1.29, 1.82) is 0 Å². The Balaban J connectivity index is 1.70. The van der Waals surface area contributed by atoms with Crippen molar-refractivity contribution in [1.82, 2.24) is 14.8 Å². The average Bonchev–Trinajstić information content (AvgIpc) is 2.80. The van der Waals surface area contributed by atoms with Crippen molar-refractivity contribution in [2.24, 2.45) is 0 Å². The lowest BCUT2D eigenvalue weighted by atomic mass is 10.2. The Labute approximate surface area is 94.9 Å². The molecule has 0 bridgehead atoms. The molecular weight excluding hydrogens is 202 g/mol. The molecule has 2 rings (SSSR count). The van der Waals surface area contributed by atoms with E-state index in [1.165, 1.54) is 5.56 Å². The summed E-state index contributed by atoms with van der Waals surface area (Å²) in [5, 5.41) is 4.02. The highest BCUT2D eigenvalue weighted by Crippen LogP contribution is 2.11. The van der Waals surface area contributed by atoms with E-state index < -0.39 is 0 Å². The summed E-state index contributed by atoms with van der Waals surface area (Å²) in [6.07, 6.45) is 4.18. The molecule has 0 spiro atoms. The van der Waals surface area contributed by atoms with E-state index >= 15 is 0 Å². The number of nitrogens with zero attached hydrogens (tertiary/aromatic N) is 3. The summed E-state index contributed by atoms with van der Waals surface area (Å²) in [5.74, 6) is 0.921. The van der Waals surface area contributed by atoms with Gasteiger partial charge in [0.2, 0.25) is 0 Å². The number of aromatic nitrogens is 3. The first kappa shape index (κ1) is 10.7. The first-order valence-electron chi connectivity index (χ1n) is 5.36. The van der Waals surface area contributed by atoms with Crippen LogP contribution >= 0.6 is 0 Å². The van der Waals surface area contributed by atoms with Crippen molar-refractivity contribution in [3.8, 4) is 5.75 Å². The number of aryl methyl sites for hydroxylation is 2. The molecule has 1 heterocycles. The van der Waals surface area contributed by atoms with Gasteiger partial charge in [-0.2, -0.15) is 5.10 Å². The summed E-state index contributed by atoms with van der Waals surface area (Å²) in [7, 11) is 0. The predicted molar refractivity (Wildman–Crippen MR) is 61.3 cm³/mol. The lowest BCUT2D eigenvalue weighted by molar-refractivity contribution is 0.298. The molecule has 1 aromatic carbocycles. The quantitative estimate of drug-likeness (QED) is 0.720. The van der Waals surface area contributed by atoms with E-state index in [1.54, 1.807) is 17.3 Å². The first-order chi connectivity index (χ1) is 7.84. The van der Waals surface area contributed by atoms with Crippen LogP contribution in [0.25, 0.3) is 0 Å². The van der Waals surface area contributed by atoms with E-state index in [1.807, 2.05) is 24.3 Å². The molecule has 0 amide bonds. The second-order valence-corrected chi connectivity index (χ2v) is 3.67. The van der Waals surface area contributed by atoms with Gasteiger partial charge in [0.15, 0.2) is 0 Å². The van der Waals surface area contributed by atoms with E-state index in [0.29, 0.717) is 6.61 Å². The third-order valence-electron chi connectivity index (χ3n) is 2.29. The fourth-order valence-electron chi connectivity index (χ4n) is 1.40. The van der Waals surface area contributed by atoms with Crippen molar-refractivity contribution in [3.05, 3.63) is 42.5 Å². The Kier molecular flexibility index (Phi) is 3.53. The van der Waals surface area contributed by atoms with Crippen LogP contribution in [0, 0.1) is 6.92 Å². The highest BCUT2D eigenvalue weighted by Gasteiger charge is 1.94. The summed E-state index contributed by atoms with van der Waals surface area (Å²) in [6, 6.07) is 8.08. The van der Waals surface area contributed by atoms with E-state index in [0.717, 1.165) is 18.7 Å². The van der Waals surface area contributed by atoms with Gasteiger partial charge in [-0.15, -0.1) is 0 Å². The second kappa shape index (κ2) is 5.30. The highest BCUT2D eigenvalue weighted by atomic mass is 16.5. The summed E-state index contributed by atoms with van der Waals surface area (Å²) in [6.45, 7) is 3.60.